The molecule has 0 aliphatic carbocycles. The van der Waals surface area contributed by atoms with Gasteiger partial charge >= 0.3 is 0 Å². The van der Waals surface area contributed by atoms with E-state index in [1.54, 1.807) is 18.2 Å². The van der Waals surface area contributed by atoms with Crippen LogP contribution in [0, 0.1) is 11.6 Å². The normalized spacial score (nSPS) is 11.0. The number of benzene rings is 2. The Bertz CT molecular complexity index is 778. The van der Waals surface area contributed by atoms with Gasteiger partial charge < -0.3 is 10.6 Å². The number of nitrogens with one attached hydrogen (secondary N) is 2. The molecule has 2 aromatic rings. The lowest BCUT2D eigenvalue weighted by molar-refractivity contribution is -0.116. The highest BCUT2D eigenvalue weighted by molar-refractivity contribution is 6.58. The molecule has 0 unspecified atom stereocenters. The van der Waals surface area contributed by atoms with Crippen LogP contribution in [0.3, 0.4) is 0 Å². The molecule has 0 atom stereocenters. The monoisotopic (exact) mass is 372 g/mol. The summed E-state index contributed by atoms with van der Waals surface area (Å²) in [6.45, 7) is 1.16. The Morgan fingerprint density at radius 3 is 2.21 bits per heavy atom. The number of halogens is 4. The summed E-state index contributed by atoms with van der Waals surface area (Å²) in [5.41, 5.74) is -0.759. The molecule has 0 aromatic heterocycles. The van der Waals surface area contributed by atoms with Gasteiger partial charge in [-0.1, -0.05) is 41.4 Å². The van der Waals surface area contributed by atoms with Gasteiger partial charge in [0.25, 0.3) is 11.8 Å². The van der Waals surface area contributed by atoms with Crippen molar-refractivity contribution in [1.82, 2.24) is 0 Å². The second-order valence-electron chi connectivity index (χ2n) is 4.95. The number of amides is 2. The van der Waals surface area contributed by atoms with E-state index in [-0.39, 0.29) is 5.69 Å². The Balaban J connectivity index is 2.28. The van der Waals surface area contributed by atoms with E-state index in [4.69, 9.17) is 23.2 Å². The molecule has 0 saturated carbocycles. The third-order valence-corrected chi connectivity index (χ3v) is 3.36. The fourth-order valence-corrected chi connectivity index (χ4v) is 1.87. The second kappa shape index (κ2) is 7.15. The third-order valence-electron chi connectivity index (χ3n) is 3.01. The van der Waals surface area contributed by atoms with Crippen molar-refractivity contribution in [3.8, 4) is 0 Å². The highest BCUT2D eigenvalue weighted by atomic mass is 35.5. The Morgan fingerprint density at radius 2 is 1.62 bits per heavy atom. The SMILES string of the molecule is CC(Cl)(Cl)C(=O)Nc1c(F)ccc(NC(=O)c2ccccc2)c1F. The molecule has 2 amide bonds. The van der Waals surface area contributed by atoms with Gasteiger partial charge in [-0.25, -0.2) is 8.78 Å². The average molecular weight is 373 g/mol. The van der Waals surface area contributed by atoms with Crippen LogP contribution in [-0.2, 0) is 4.79 Å². The first-order valence-electron chi connectivity index (χ1n) is 6.74. The number of alkyl halides is 2. The maximum absolute atomic E-state index is 14.4. The van der Waals surface area contributed by atoms with Gasteiger partial charge in [0.05, 0.1) is 5.69 Å². The third kappa shape index (κ3) is 4.21. The number of rotatable bonds is 4. The lowest BCUT2D eigenvalue weighted by atomic mass is 10.2. The molecule has 8 heteroatoms. The molecule has 0 radical (unpaired) electrons. The molecule has 126 valence electrons. The summed E-state index contributed by atoms with van der Waals surface area (Å²) >= 11 is 11.2. The molecule has 2 aromatic carbocycles. The molecule has 4 nitrogen and oxygen atoms in total. The summed E-state index contributed by atoms with van der Waals surface area (Å²) in [4.78, 5) is 23.7. The number of anilines is 2. The zero-order valence-electron chi connectivity index (χ0n) is 12.4. The maximum Gasteiger partial charge on any atom is 0.260 e. The summed E-state index contributed by atoms with van der Waals surface area (Å²) in [7, 11) is 0. The highest BCUT2D eigenvalue weighted by Crippen LogP contribution is 2.29. The first-order chi connectivity index (χ1) is 11.2. The van der Waals surface area contributed by atoms with E-state index in [2.05, 4.69) is 5.32 Å². The fraction of sp³-hybridized carbons (Fsp3) is 0.125. The molecule has 0 aliphatic rings. The van der Waals surface area contributed by atoms with Crippen molar-refractivity contribution in [2.75, 3.05) is 10.6 Å². The quantitative estimate of drug-likeness (QED) is 0.783. The van der Waals surface area contributed by atoms with Gasteiger partial charge in [0.1, 0.15) is 11.5 Å². The minimum absolute atomic E-state index is 0.293. The fourth-order valence-electron chi connectivity index (χ4n) is 1.77. The molecular formula is C16H12Cl2F2N2O2. The van der Waals surface area contributed by atoms with Crippen molar-refractivity contribution in [2.24, 2.45) is 0 Å². The predicted molar refractivity (Wildman–Crippen MR) is 89.5 cm³/mol. The molecule has 2 rings (SSSR count). The van der Waals surface area contributed by atoms with Crippen molar-refractivity contribution >= 4 is 46.4 Å². The molecule has 2 N–H and O–H groups in total. The lowest BCUT2D eigenvalue weighted by Gasteiger charge is -2.16. The van der Waals surface area contributed by atoms with E-state index in [9.17, 15) is 18.4 Å². The van der Waals surface area contributed by atoms with Crippen LogP contribution in [0.25, 0.3) is 0 Å². The van der Waals surface area contributed by atoms with Crippen LogP contribution in [0.5, 0.6) is 0 Å². The van der Waals surface area contributed by atoms with Crippen molar-refractivity contribution < 1.29 is 18.4 Å². The first kappa shape index (κ1) is 18.2. The number of hydrogen-bond donors (Lipinski definition) is 2. The summed E-state index contributed by atoms with van der Waals surface area (Å²) in [6.07, 6.45) is 0. The standard InChI is InChI=1S/C16H12Cl2F2N2O2/c1-16(17,18)15(24)22-13-10(19)7-8-11(12(13)20)21-14(23)9-5-3-2-4-6-9/h2-8H,1H3,(H,21,23)(H,22,24). The van der Waals surface area contributed by atoms with Gasteiger partial charge in [0.2, 0.25) is 0 Å². The molecule has 0 saturated heterocycles. The second-order valence-corrected chi connectivity index (χ2v) is 6.65. The van der Waals surface area contributed by atoms with E-state index in [0.29, 0.717) is 5.56 Å². The van der Waals surface area contributed by atoms with Crippen LogP contribution in [-0.4, -0.2) is 16.1 Å². The molecule has 0 heterocycles. The molecule has 0 spiro atoms. The molecule has 0 fully saturated rings. The maximum atomic E-state index is 14.4. The van der Waals surface area contributed by atoms with Crippen LogP contribution in [0.15, 0.2) is 42.5 Å². The van der Waals surface area contributed by atoms with Crippen molar-refractivity contribution in [1.29, 1.82) is 0 Å². The van der Waals surface area contributed by atoms with Crippen LogP contribution < -0.4 is 10.6 Å². The van der Waals surface area contributed by atoms with Crippen LogP contribution in [0.4, 0.5) is 20.2 Å². The largest absolute Gasteiger partial charge is 0.319 e. The number of hydrogen-bond acceptors (Lipinski definition) is 2. The van der Waals surface area contributed by atoms with E-state index < -0.39 is 33.5 Å². The van der Waals surface area contributed by atoms with Crippen molar-refractivity contribution in [2.45, 2.75) is 11.3 Å². The summed E-state index contributed by atoms with van der Waals surface area (Å²) in [6, 6.07) is 10.0. The van der Waals surface area contributed by atoms with Gasteiger partial charge in [-0.2, -0.15) is 0 Å². The Hall–Kier alpha value is -2.18. The zero-order valence-corrected chi connectivity index (χ0v) is 13.9. The zero-order chi connectivity index (χ0) is 17.9. The predicted octanol–water partition coefficient (Wildman–Crippen LogP) is 4.35. The first-order valence-corrected chi connectivity index (χ1v) is 7.49. The summed E-state index contributed by atoms with van der Waals surface area (Å²) in [5.74, 6) is -3.77. The Kier molecular flexibility index (Phi) is 5.41. The topological polar surface area (TPSA) is 58.2 Å². The number of carbonyl (C=O) groups excluding carboxylic acids is 2. The van der Waals surface area contributed by atoms with E-state index >= 15 is 0 Å². The summed E-state index contributed by atoms with van der Waals surface area (Å²) < 4.78 is 26.3. The number of carbonyl (C=O) groups is 2. The highest BCUT2D eigenvalue weighted by Gasteiger charge is 2.29. The van der Waals surface area contributed by atoms with E-state index in [1.165, 1.54) is 12.1 Å². The van der Waals surface area contributed by atoms with Crippen LogP contribution in [0.2, 0.25) is 0 Å². The smallest absolute Gasteiger partial charge is 0.260 e. The minimum atomic E-state index is -1.87. The molecule has 24 heavy (non-hydrogen) atoms. The summed E-state index contributed by atoms with van der Waals surface area (Å²) in [5, 5.41) is 4.28. The van der Waals surface area contributed by atoms with Crippen LogP contribution in [0.1, 0.15) is 17.3 Å². The van der Waals surface area contributed by atoms with E-state index in [0.717, 1.165) is 19.1 Å². The Labute approximate surface area is 146 Å². The molecule has 0 aliphatic heterocycles. The molecular weight excluding hydrogens is 361 g/mol. The van der Waals surface area contributed by atoms with Crippen LogP contribution >= 0.6 is 23.2 Å². The average Bonchev–Trinajstić information content (AvgIpc) is 2.53. The van der Waals surface area contributed by atoms with Gasteiger partial charge in [0.15, 0.2) is 10.2 Å². The van der Waals surface area contributed by atoms with Gasteiger partial charge in [-0.15, -0.1) is 0 Å². The van der Waals surface area contributed by atoms with Gasteiger partial charge in [0, 0.05) is 5.56 Å². The minimum Gasteiger partial charge on any atom is -0.319 e. The van der Waals surface area contributed by atoms with Gasteiger partial charge in [-0.05, 0) is 31.2 Å². The Morgan fingerprint density at radius 1 is 1.00 bits per heavy atom. The van der Waals surface area contributed by atoms with Gasteiger partial charge in [-0.3, -0.25) is 9.59 Å². The molecule has 0 bridgehead atoms. The van der Waals surface area contributed by atoms with Crippen molar-refractivity contribution in [3.05, 3.63) is 59.7 Å². The lowest BCUT2D eigenvalue weighted by Crippen LogP contribution is -2.30. The van der Waals surface area contributed by atoms with Crippen molar-refractivity contribution in [3.63, 3.8) is 0 Å². The van der Waals surface area contributed by atoms with E-state index in [1.807, 2.05) is 5.32 Å².